The molecule has 0 saturated carbocycles. The molecular weight excluding hydrogens is 284 g/mol. The molecule has 0 heterocycles. The molecule has 0 fully saturated rings. The highest BCUT2D eigenvalue weighted by atomic mass is 28.3. The summed E-state index contributed by atoms with van der Waals surface area (Å²) in [6.07, 6.45) is -1.65. The van der Waals surface area contributed by atoms with E-state index in [1.54, 1.807) is 24.3 Å². The lowest BCUT2D eigenvalue weighted by molar-refractivity contribution is 0.424. The van der Waals surface area contributed by atoms with E-state index >= 15 is 0 Å². The molecule has 1 nitrogen and oxygen atoms in total. The van der Waals surface area contributed by atoms with Crippen LogP contribution in [0.2, 0.25) is 19.6 Å². The van der Waals surface area contributed by atoms with Gasteiger partial charge in [-0.25, -0.2) is 0 Å². The monoisotopic (exact) mass is 303 g/mol. The van der Waals surface area contributed by atoms with Gasteiger partial charge in [0.2, 0.25) is 0 Å². The molecule has 2 aromatic carbocycles. The van der Waals surface area contributed by atoms with Crippen molar-refractivity contribution in [2.75, 3.05) is 4.57 Å². The molecule has 0 bridgehead atoms. The second kappa shape index (κ2) is 6.22. The average Bonchev–Trinajstić information content (AvgIpc) is 2.44. The fraction of sp³-hybridized carbons (Fsp3) is 0.176. The SMILES string of the molecule is C[Si](C)(C)N(C(=C(F)F)c1ccccc1)c1ccccc1. The van der Waals surface area contributed by atoms with Crippen molar-refractivity contribution >= 4 is 19.6 Å². The molecule has 0 aliphatic heterocycles. The topological polar surface area (TPSA) is 3.24 Å². The zero-order chi connectivity index (χ0) is 15.5. The molecule has 0 spiro atoms. The Morgan fingerprint density at radius 1 is 0.810 bits per heavy atom. The Hall–Kier alpha value is -1.94. The molecule has 110 valence electrons. The third-order valence-electron chi connectivity index (χ3n) is 3.14. The molecule has 0 amide bonds. The molecule has 0 radical (unpaired) electrons. The maximum atomic E-state index is 13.7. The molecule has 21 heavy (non-hydrogen) atoms. The van der Waals surface area contributed by atoms with E-state index in [0.29, 0.717) is 5.56 Å². The van der Waals surface area contributed by atoms with Crippen molar-refractivity contribution in [3.05, 3.63) is 72.3 Å². The number of anilines is 1. The van der Waals surface area contributed by atoms with E-state index in [1.165, 1.54) is 0 Å². The number of benzene rings is 2. The molecule has 0 N–H and O–H groups in total. The normalized spacial score (nSPS) is 11.1. The van der Waals surface area contributed by atoms with Crippen LogP contribution < -0.4 is 4.57 Å². The molecule has 0 aliphatic rings. The summed E-state index contributed by atoms with van der Waals surface area (Å²) >= 11 is 0. The molecule has 0 saturated heterocycles. The third-order valence-corrected chi connectivity index (χ3v) is 4.96. The van der Waals surface area contributed by atoms with Gasteiger partial charge in [0.15, 0.2) is 8.24 Å². The maximum absolute atomic E-state index is 13.7. The van der Waals surface area contributed by atoms with Crippen LogP contribution >= 0.6 is 0 Å². The summed E-state index contributed by atoms with van der Waals surface area (Å²) in [5, 5.41) is 0. The minimum absolute atomic E-state index is 0.0148. The van der Waals surface area contributed by atoms with Gasteiger partial charge in [0.1, 0.15) is 5.70 Å². The Bertz CT molecular complexity index is 614. The third kappa shape index (κ3) is 3.58. The van der Waals surface area contributed by atoms with Gasteiger partial charge >= 0.3 is 0 Å². The molecule has 0 unspecified atom stereocenters. The van der Waals surface area contributed by atoms with Crippen molar-refractivity contribution in [1.29, 1.82) is 0 Å². The van der Waals surface area contributed by atoms with Gasteiger partial charge in [-0.15, -0.1) is 0 Å². The van der Waals surface area contributed by atoms with Gasteiger partial charge in [-0.05, 0) is 12.1 Å². The second-order valence-electron chi connectivity index (χ2n) is 5.82. The first-order valence-corrected chi connectivity index (χ1v) is 10.3. The predicted molar refractivity (Wildman–Crippen MR) is 87.8 cm³/mol. The fourth-order valence-electron chi connectivity index (χ4n) is 2.35. The quantitative estimate of drug-likeness (QED) is 0.665. The van der Waals surface area contributed by atoms with Crippen molar-refractivity contribution in [3.63, 3.8) is 0 Å². The second-order valence-corrected chi connectivity index (χ2v) is 10.6. The van der Waals surface area contributed by atoms with Gasteiger partial charge in [-0.1, -0.05) is 68.2 Å². The minimum Gasteiger partial charge on any atom is -0.365 e. The zero-order valence-electron chi connectivity index (χ0n) is 12.5. The van der Waals surface area contributed by atoms with E-state index < -0.39 is 14.3 Å². The van der Waals surface area contributed by atoms with E-state index in [9.17, 15) is 8.78 Å². The molecule has 0 aliphatic carbocycles. The van der Waals surface area contributed by atoms with Gasteiger partial charge in [-0.3, -0.25) is 0 Å². The lowest BCUT2D eigenvalue weighted by Crippen LogP contribution is -2.45. The summed E-state index contributed by atoms with van der Waals surface area (Å²) in [5.74, 6) is 0. The van der Waals surface area contributed by atoms with E-state index in [2.05, 4.69) is 19.6 Å². The van der Waals surface area contributed by atoms with Crippen LogP contribution in [0.4, 0.5) is 14.5 Å². The number of halogens is 2. The summed E-state index contributed by atoms with van der Waals surface area (Å²) in [6, 6.07) is 18.3. The molecule has 2 rings (SSSR count). The van der Waals surface area contributed by atoms with Gasteiger partial charge in [0.25, 0.3) is 6.08 Å². The van der Waals surface area contributed by atoms with Crippen LogP contribution in [0.25, 0.3) is 5.70 Å². The van der Waals surface area contributed by atoms with Crippen LogP contribution in [0.15, 0.2) is 66.7 Å². The van der Waals surface area contributed by atoms with Crippen LogP contribution in [-0.2, 0) is 0 Å². The first-order chi connectivity index (χ1) is 9.91. The number of rotatable bonds is 4. The zero-order valence-corrected chi connectivity index (χ0v) is 13.5. The lowest BCUT2D eigenvalue weighted by Gasteiger charge is -2.37. The number of hydrogen-bond donors (Lipinski definition) is 0. The highest BCUT2D eigenvalue weighted by Crippen LogP contribution is 2.34. The van der Waals surface area contributed by atoms with Crippen LogP contribution in [0.1, 0.15) is 5.56 Å². The van der Waals surface area contributed by atoms with E-state index in [4.69, 9.17) is 0 Å². The van der Waals surface area contributed by atoms with Crippen molar-refractivity contribution in [1.82, 2.24) is 0 Å². The lowest BCUT2D eigenvalue weighted by atomic mass is 10.1. The van der Waals surface area contributed by atoms with Crippen LogP contribution in [0.3, 0.4) is 0 Å². The number of para-hydroxylation sites is 1. The van der Waals surface area contributed by atoms with Crippen molar-refractivity contribution in [2.24, 2.45) is 0 Å². The Morgan fingerprint density at radius 3 is 1.71 bits per heavy atom. The number of hydrogen-bond acceptors (Lipinski definition) is 1. The first kappa shape index (κ1) is 15.4. The summed E-state index contributed by atoms with van der Waals surface area (Å²) in [7, 11) is -2.04. The van der Waals surface area contributed by atoms with Gasteiger partial charge in [0, 0.05) is 11.3 Å². The maximum Gasteiger partial charge on any atom is 0.293 e. The summed E-state index contributed by atoms with van der Waals surface area (Å²) in [5.41, 5.74) is 1.37. The Balaban J connectivity index is 2.62. The smallest absolute Gasteiger partial charge is 0.293 e. The minimum atomic E-state index is -2.04. The molecule has 0 aromatic heterocycles. The average molecular weight is 303 g/mol. The molecular formula is C17H19F2NSi. The Morgan fingerprint density at radius 2 is 1.29 bits per heavy atom. The predicted octanol–water partition coefficient (Wildman–Crippen LogP) is 5.59. The van der Waals surface area contributed by atoms with E-state index in [-0.39, 0.29) is 5.70 Å². The van der Waals surface area contributed by atoms with E-state index in [0.717, 1.165) is 5.69 Å². The highest BCUT2D eigenvalue weighted by Gasteiger charge is 2.30. The summed E-state index contributed by atoms with van der Waals surface area (Å²) < 4.78 is 29.2. The highest BCUT2D eigenvalue weighted by molar-refractivity contribution is 6.81. The standard InChI is InChI=1S/C17H19F2NSi/c1-21(2,3)20(15-12-8-5-9-13-15)16(17(18)19)14-10-6-4-7-11-14/h4-13H,1-3H3. The molecule has 2 aromatic rings. The summed E-state index contributed by atoms with van der Waals surface area (Å²) in [6.45, 7) is 6.18. The Kier molecular flexibility index (Phi) is 4.58. The van der Waals surface area contributed by atoms with Gasteiger partial charge < -0.3 is 4.57 Å². The molecule has 4 heteroatoms. The number of nitrogens with zero attached hydrogens (tertiary/aromatic N) is 1. The van der Waals surface area contributed by atoms with Crippen LogP contribution in [0.5, 0.6) is 0 Å². The largest absolute Gasteiger partial charge is 0.365 e. The first-order valence-electron chi connectivity index (χ1n) is 6.87. The summed E-state index contributed by atoms with van der Waals surface area (Å²) in [4.78, 5) is 0. The fourth-order valence-corrected chi connectivity index (χ4v) is 4.16. The van der Waals surface area contributed by atoms with Crippen molar-refractivity contribution < 1.29 is 8.78 Å². The van der Waals surface area contributed by atoms with Crippen molar-refractivity contribution in [2.45, 2.75) is 19.6 Å². The van der Waals surface area contributed by atoms with Gasteiger partial charge in [-0.2, -0.15) is 8.78 Å². The molecule has 0 atom stereocenters. The Labute approximate surface area is 125 Å². The van der Waals surface area contributed by atoms with E-state index in [1.807, 2.05) is 41.0 Å². The van der Waals surface area contributed by atoms with Crippen LogP contribution in [-0.4, -0.2) is 8.24 Å². The van der Waals surface area contributed by atoms with Crippen LogP contribution in [0, 0.1) is 0 Å². The van der Waals surface area contributed by atoms with Gasteiger partial charge in [0.05, 0.1) is 0 Å². The van der Waals surface area contributed by atoms with Crippen molar-refractivity contribution in [3.8, 4) is 0 Å².